The third-order valence-corrected chi connectivity index (χ3v) is 5.70. The highest BCUT2D eigenvalue weighted by Gasteiger charge is 2.65. The van der Waals surface area contributed by atoms with E-state index in [2.05, 4.69) is 10.6 Å². The van der Waals surface area contributed by atoms with Crippen LogP contribution < -0.4 is 10.6 Å². The number of hydrogen-bond acceptors (Lipinski definition) is 3. The number of nitrogens with one attached hydrogen (secondary N) is 2. The van der Waals surface area contributed by atoms with Crippen molar-refractivity contribution in [1.82, 2.24) is 10.2 Å². The maximum atomic E-state index is 12.6. The van der Waals surface area contributed by atoms with Gasteiger partial charge in [0.25, 0.3) is 0 Å². The number of benzene rings is 1. The van der Waals surface area contributed by atoms with Gasteiger partial charge in [-0.3, -0.25) is 14.4 Å². The first-order valence-corrected chi connectivity index (χ1v) is 9.27. The smallest absolute Gasteiger partial charge is 0.245 e. The summed E-state index contributed by atoms with van der Waals surface area (Å²) in [6.45, 7) is 6.32. The minimum atomic E-state index is -0.485. The Labute approximate surface area is 158 Å². The molecule has 1 unspecified atom stereocenters. The van der Waals surface area contributed by atoms with Gasteiger partial charge in [-0.2, -0.15) is 0 Å². The lowest BCUT2D eigenvalue weighted by Gasteiger charge is -2.42. The van der Waals surface area contributed by atoms with E-state index < -0.39 is 6.04 Å². The van der Waals surface area contributed by atoms with Crippen LogP contribution in [0.4, 0.5) is 5.69 Å². The molecule has 1 saturated heterocycles. The molecule has 140 valence electrons. The third kappa shape index (κ3) is 3.43. The molecule has 1 saturated carbocycles. The Hall–Kier alpha value is -2.08. The summed E-state index contributed by atoms with van der Waals surface area (Å²) < 4.78 is 0. The quantitative estimate of drug-likeness (QED) is 0.826. The Morgan fingerprint density at radius 1 is 1.35 bits per heavy atom. The lowest BCUT2D eigenvalue weighted by atomic mass is 9.92. The number of para-hydroxylation sites is 1. The lowest BCUT2D eigenvalue weighted by Crippen LogP contribution is -2.58. The largest absolute Gasteiger partial charge is 0.345 e. The zero-order chi connectivity index (χ0) is 19.1. The van der Waals surface area contributed by atoms with Crippen molar-refractivity contribution in [2.24, 2.45) is 11.3 Å². The molecule has 1 aromatic carbocycles. The predicted octanol–water partition coefficient (Wildman–Crippen LogP) is 2.35. The average Bonchev–Trinajstić information content (AvgIpc) is 3.30. The summed E-state index contributed by atoms with van der Waals surface area (Å²) in [6, 6.07) is 5.02. The highest BCUT2D eigenvalue weighted by Crippen LogP contribution is 2.59. The average molecular weight is 378 g/mol. The van der Waals surface area contributed by atoms with Crippen LogP contribution in [0.3, 0.4) is 0 Å². The van der Waals surface area contributed by atoms with Gasteiger partial charge in [0.15, 0.2) is 0 Å². The first-order valence-electron chi connectivity index (χ1n) is 8.89. The van der Waals surface area contributed by atoms with E-state index in [0.29, 0.717) is 30.2 Å². The second-order valence-electron chi connectivity index (χ2n) is 7.40. The maximum Gasteiger partial charge on any atom is 0.245 e. The van der Waals surface area contributed by atoms with Crippen LogP contribution in [-0.2, 0) is 14.4 Å². The summed E-state index contributed by atoms with van der Waals surface area (Å²) in [7, 11) is 0. The number of rotatable bonds is 5. The molecule has 3 rings (SSSR count). The second kappa shape index (κ2) is 6.91. The molecule has 1 aliphatic heterocycles. The Bertz CT molecular complexity index is 738. The zero-order valence-electron chi connectivity index (χ0n) is 15.3. The van der Waals surface area contributed by atoms with Crippen molar-refractivity contribution in [3.63, 3.8) is 0 Å². The van der Waals surface area contributed by atoms with Crippen LogP contribution in [0, 0.1) is 18.3 Å². The number of anilines is 1. The number of halogens is 1. The summed E-state index contributed by atoms with van der Waals surface area (Å²) in [5, 5.41) is 6.15. The van der Waals surface area contributed by atoms with Crippen molar-refractivity contribution in [3.05, 3.63) is 28.8 Å². The normalized spacial score (nSPS) is 20.9. The molecule has 3 amide bonds. The van der Waals surface area contributed by atoms with Crippen LogP contribution >= 0.6 is 11.6 Å². The lowest BCUT2D eigenvalue weighted by molar-refractivity contribution is -0.144. The number of carbonyl (C=O) groups excluding carboxylic acids is 3. The van der Waals surface area contributed by atoms with E-state index >= 15 is 0 Å². The van der Waals surface area contributed by atoms with E-state index in [1.807, 2.05) is 26.0 Å². The van der Waals surface area contributed by atoms with Crippen LogP contribution in [0.2, 0.25) is 5.02 Å². The molecule has 26 heavy (non-hydrogen) atoms. The molecule has 2 aliphatic rings. The minimum absolute atomic E-state index is 0.0396. The van der Waals surface area contributed by atoms with Crippen molar-refractivity contribution in [2.45, 2.75) is 39.7 Å². The number of hydrogen-bond donors (Lipinski definition) is 2. The fourth-order valence-electron chi connectivity index (χ4n) is 3.74. The fraction of sp³-hybridized carbons (Fsp3) is 0.526. The zero-order valence-corrected chi connectivity index (χ0v) is 16.0. The van der Waals surface area contributed by atoms with Gasteiger partial charge >= 0.3 is 0 Å². The van der Waals surface area contributed by atoms with Gasteiger partial charge in [0.1, 0.15) is 6.04 Å². The van der Waals surface area contributed by atoms with Gasteiger partial charge in [-0.15, -0.1) is 0 Å². The molecule has 1 aliphatic carbocycles. The van der Waals surface area contributed by atoms with Gasteiger partial charge < -0.3 is 15.5 Å². The monoisotopic (exact) mass is 377 g/mol. The number of amides is 3. The van der Waals surface area contributed by atoms with Crippen molar-refractivity contribution in [1.29, 1.82) is 0 Å². The van der Waals surface area contributed by atoms with Crippen LogP contribution in [0.5, 0.6) is 0 Å². The van der Waals surface area contributed by atoms with E-state index in [9.17, 15) is 14.4 Å². The summed E-state index contributed by atoms with van der Waals surface area (Å²) in [4.78, 5) is 38.0. The van der Waals surface area contributed by atoms with Crippen molar-refractivity contribution >= 4 is 35.0 Å². The van der Waals surface area contributed by atoms with Crippen molar-refractivity contribution in [3.8, 4) is 0 Å². The molecule has 1 heterocycles. The van der Waals surface area contributed by atoms with E-state index in [1.165, 1.54) is 6.92 Å². The molecule has 2 fully saturated rings. The molecule has 6 nitrogen and oxygen atoms in total. The molecule has 0 bridgehead atoms. The van der Waals surface area contributed by atoms with E-state index in [-0.39, 0.29) is 29.1 Å². The van der Waals surface area contributed by atoms with Gasteiger partial charge in [0.05, 0.1) is 10.7 Å². The molecule has 1 aromatic rings. The molecule has 1 spiro atoms. The molecular weight excluding hydrogens is 354 g/mol. The van der Waals surface area contributed by atoms with E-state index in [1.54, 1.807) is 11.0 Å². The van der Waals surface area contributed by atoms with Crippen molar-refractivity contribution < 1.29 is 14.4 Å². The van der Waals surface area contributed by atoms with Crippen LogP contribution in [0.15, 0.2) is 18.2 Å². The van der Waals surface area contributed by atoms with Gasteiger partial charge in [-0.05, 0) is 31.4 Å². The Kier molecular flexibility index (Phi) is 4.97. The summed E-state index contributed by atoms with van der Waals surface area (Å²) >= 11 is 6.17. The van der Waals surface area contributed by atoms with Crippen LogP contribution in [0.1, 0.15) is 32.3 Å². The summed E-state index contributed by atoms with van der Waals surface area (Å²) in [5.74, 6) is -0.411. The first kappa shape index (κ1) is 18.7. The van der Waals surface area contributed by atoms with E-state index in [0.717, 1.165) is 12.0 Å². The number of aryl methyl sites for hydroxylation is 1. The Balaban J connectivity index is 1.56. The SMILES string of the molecule is CC[C@@H](NC(C)=O)C(=O)N1CC2(CC2C(=O)Nc2c(C)cccc2Cl)C1. The van der Waals surface area contributed by atoms with Crippen LogP contribution in [-0.4, -0.2) is 41.8 Å². The molecule has 2 N–H and O–H groups in total. The van der Waals surface area contributed by atoms with E-state index in [4.69, 9.17) is 11.6 Å². The highest BCUT2D eigenvalue weighted by molar-refractivity contribution is 6.34. The molecule has 2 atom stereocenters. The van der Waals surface area contributed by atoms with Crippen molar-refractivity contribution in [2.75, 3.05) is 18.4 Å². The molecule has 0 radical (unpaired) electrons. The number of carbonyl (C=O) groups is 3. The van der Waals surface area contributed by atoms with Gasteiger partial charge in [0.2, 0.25) is 17.7 Å². The number of nitrogens with zero attached hydrogens (tertiary/aromatic N) is 1. The Morgan fingerprint density at radius 2 is 2.04 bits per heavy atom. The Morgan fingerprint density at radius 3 is 2.62 bits per heavy atom. The second-order valence-corrected chi connectivity index (χ2v) is 7.80. The van der Waals surface area contributed by atoms with Crippen LogP contribution in [0.25, 0.3) is 0 Å². The topological polar surface area (TPSA) is 78.5 Å². The molecular formula is C19H24ClN3O3. The maximum absolute atomic E-state index is 12.6. The first-order chi connectivity index (χ1) is 12.3. The third-order valence-electron chi connectivity index (χ3n) is 5.38. The fourth-order valence-corrected chi connectivity index (χ4v) is 4.01. The molecule has 0 aromatic heterocycles. The number of likely N-dealkylation sites (tertiary alicyclic amines) is 1. The summed E-state index contributed by atoms with van der Waals surface area (Å²) in [5.41, 5.74) is 1.47. The van der Waals surface area contributed by atoms with Gasteiger partial charge in [0, 0.05) is 31.3 Å². The molecule has 7 heteroatoms. The van der Waals surface area contributed by atoms with Gasteiger partial charge in [-0.1, -0.05) is 30.7 Å². The highest BCUT2D eigenvalue weighted by atomic mass is 35.5. The minimum Gasteiger partial charge on any atom is -0.345 e. The standard InChI is InChI=1S/C19H24ClN3O3/c1-4-15(21-12(3)24)18(26)23-9-19(10-23)8-13(19)17(25)22-16-11(2)6-5-7-14(16)20/h5-7,13,15H,4,8-10H2,1-3H3,(H,21,24)(H,22,25)/t13?,15-/m1/s1. The summed E-state index contributed by atoms with van der Waals surface area (Å²) in [6.07, 6.45) is 1.33. The predicted molar refractivity (Wildman–Crippen MR) is 99.8 cm³/mol. The van der Waals surface area contributed by atoms with Gasteiger partial charge in [-0.25, -0.2) is 0 Å².